The van der Waals surface area contributed by atoms with Gasteiger partial charge in [0, 0.05) is 10.9 Å². The van der Waals surface area contributed by atoms with Crippen LogP contribution in [0.2, 0.25) is 0 Å². The number of carbonyl (C=O) groups excluding carboxylic acids is 1. The number of ketones is 1. The summed E-state index contributed by atoms with van der Waals surface area (Å²) in [6.07, 6.45) is 1.45. The second-order valence-electron chi connectivity index (χ2n) is 2.58. The van der Waals surface area contributed by atoms with E-state index in [0.717, 1.165) is 14.9 Å². The minimum atomic E-state index is -0.0220. The van der Waals surface area contributed by atoms with Crippen molar-refractivity contribution in [2.75, 3.05) is 0 Å². The summed E-state index contributed by atoms with van der Waals surface area (Å²) in [5.74, 6) is -0.0220. The van der Waals surface area contributed by atoms with Gasteiger partial charge >= 0.3 is 0 Å². The van der Waals surface area contributed by atoms with Crippen LogP contribution in [0.15, 0.2) is 17.6 Å². The molecular weight excluding hydrogens is 174 g/mol. The third kappa shape index (κ3) is 0.848. The van der Waals surface area contributed by atoms with Crippen LogP contribution < -0.4 is 0 Å². The highest BCUT2D eigenvalue weighted by atomic mass is 32.1. The molecule has 2 aromatic rings. The van der Waals surface area contributed by atoms with Gasteiger partial charge in [-0.1, -0.05) is 0 Å². The zero-order valence-electron chi connectivity index (χ0n) is 6.44. The maximum atomic E-state index is 11.1. The van der Waals surface area contributed by atoms with Gasteiger partial charge in [-0.25, -0.2) is 0 Å². The lowest BCUT2D eigenvalue weighted by molar-refractivity contribution is 0.101. The molecule has 2 heterocycles. The zero-order valence-corrected chi connectivity index (χ0v) is 7.26. The lowest BCUT2D eigenvalue weighted by atomic mass is 10.2. The highest BCUT2D eigenvalue weighted by Crippen LogP contribution is 2.25. The van der Waals surface area contributed by atoms with E-state index in [-0.39, 0.29) is 5.78 Å². The predicted octanol–water partition coefficient (Wildman–Crippen LogP) is 2.14. The Bertz CT molecular complexity index is 441. The zero-order chi connectivity index (χ0) is 8.72. The van der Waals surface area contributed by atoms with Crippen molar-refractivity contribution in [2.45, 2.75) is 6.92 Å². The van der Waals surface area contributed by atoms with E-state index in [2.05, 4.69) is 0 Å². The summed E-state index contributed by atoms with van der Waals surface area (Å²) in [7, 11) is 0. The summed E-state index contributed by atoms with van der Waals surface area (Å²) < 4.78 is 0.997. The van der Waals surface area contributed by atoms with Gasteiger partial charge in [0.25, 0.3) is 0 Å². The molecule has 0 atom stereocenters. The molecule has 0 amide bonds. The summed E-state index contributed by atoms with van der Waals surface area (Å²) >= 11 is 1.41. The lowest BCUT2D eigenvalue weighted by Crippen LogP contribution is -1.89. The van der Waals surface area contributed by atoms with Crippen molar-refractivity contribution in [2.24, 2.45) is 0 Å². The predicted molar refractivity (Wildman–Crippen MR) is 47.0 cm³/mol. The van der Waals surface area contributed by atoms with Crippen LogP contribution in [0, 0.1) is 0 Å². The molecule has 0 bridgehead atoms. The topological polar surface area (TPSA) is 42.2 Å². The van der Waals surface area contributed by atoms with Crippen molar-refractivity contribution >= 4 is 27.3 Å². The Balaban J connectivity index is 2.83. The molecule has 1 N–H and O–H groups in total. The highest BCUT2D eigenvalue weighted by Gasteiger charge is 2.11. The molecule has 0 radical (unpaired) electrons. The molecule has 2 rings (SSSR count). The maximum absolute atomic E-state index is 11.1. The Labute approximate surface area is 72.8 Å². The van der Waals surface area contributed by atoms with Crippen molar-refractivity contribution < 1.29 is 10.0 Å². The van der Waals surface area contributed by atoms with Gasteiger partial charge in [-0.15, -0.1) is 11.3 Å². The molecule has 0 saturated heterocycles. The number of aromatic nitrogens is 1. The Hall–Kier alpha value is -1.29. The minimum absolute atomic E-state index is 0.0220. The van der Waals surface area contributed by atoms with E-state index in [1.54, 1.807) is 0 Å². The van der Waals surface area contributed by atoms with Crippen LogP contribution in [0.5, 0.6) is 0 Å². The number of rotatable bonds is 1. The van der Waals surface area contributed by atoms with Gasteiger partial charge in [0.1, 0.15) is 4.83 Å². The average molecular weight is 181 g/mol. The number of nitrogens with zero attached hydrogens (tertiary/aromatic N) is 1. The van der Waals surface area contributed by atoms with Crippen molar-refractivity contribution in [3.8, 4) is 0 Å². The smallest absolute Gasteiger partial charge is 0.162 e. The molecule has 4 heteroatoms. The van der Waals surface area contributed by atoms with Gasteiger partial charge in [-0.3, -0.25) is 4.79 Å². The van der Waals surface area contributed by atoms with Gasteiger partial charge in [-0.05, 0) is 18.4 Å². The second kappa shape index (κ2) is 2.35. The fourth-order valence-corrected chi connectivity index (χ4v) is 2.01. The molecule has 2 aromatic heterocycles. The van der Waals surface area contributed by atoms with E-state index in [0.29, 0.717) is 5.56 Å². The molecular formula is C8H7NO2S. The van der Waals surface area contributed by atoms with Gasteiger partial charge in [0.05, 0.1) is 6.20 Å². The normalized spacial score (nSPS) is 10.8. The van der Waals surface area contributed by atoms with Crippen molar-refractivity contribution in [3.05, 3.63) is 23.2 Å². The van der Waals surface area contributed by atoms with Gasteiger partial charge < -0.3 is 5.21 Å². The van der Waals surface area contributed by atoms with E-state index >= 15 is 0 Å². The maximum Gasteiger partial charge on any atom is 0.162 e. The Kier molecular flexibility index (Phi) is 1.44. The third-order valence-electron chi connectivity index (χ3n) is 1.77. The Morgan fingerprint density at radius 1 is 1.67 bits per heavy atom. The fourth-order valence-electron chi connectivity index (χ4n) is 1.21. The van der Waals surface area contributed by atoms with Crippen LogP contribution >= 0.6 is 11.3 Å². The molecule has 3 nitrogen and oxygen atoms in total. The molecule has 12 heavy (non-hydrogen) atoms. The van der Waals surface area contributed by atoms with Crippen LogP contribution in [0.25, 0.3) is 10.2 Å². The van der Waals surface area contributed by atoms with Crippen molar-refractivity contribution in [1.82, 2.24) is 4.73 Å². The summed E-state index contributed by atoms with van der Waals surface area (Å²) in [5, 5.41) is 12.0. The fraction of sp³-hybridized carbons (Fsp3) is 0.125. The molecule has 0 unspecified atom stereocenters. The van der Waals surface area contributed by atoms with Gasteiger partial charge in [0.15, 0.2) is 5.78 Å². The van der Waals surface area contributed by atoms with Gasteiger partial charge in [-0.2, -0.15) is 4.73 Å². The van der Waals surface area contributed by atoms with Crippen LogP contribution in [0.3, 0.4) is 0 Å². The van der Waals surface area contributed by atoms with Crippen LogP contribution in [0.4, 0.5) is 0 Å². The first kappa shape index (κ1) is 7.36. The number of fused-ring (bicyclic) bond motifs is 1. The lowest BCUT2D eigenvalue weighted by Gasteiger charge is -1.86. The standard InChI is InChI=1S/C8H7NO2S/c1-5(10)7-4-9(11)8-6(7)2-3-12-8/h2-4,11H,1H3. The van der Waals surface area contributed by atoms with Crippen LogP contribution in [-0.4, -0.2) is 15.7 Å². The number of hydrogen-bond acceptors (Lipinski definition) is 3. The molecule has 0 aliphatic rings. The van der Waals surface area contributed by atoms with E-state index in [1.807, 2.05) is 11.4 Å². The monoisotopic (exact) mass is 181 g/mol. The molecule has 0 fully saturated rings. The highest BCUT2D eigenvalue weighted by molar-refractivity contribution is 7.16. The Morgan fingerprint density at radius 2 is 2.42 bits per heavy atom. The number of carbonyl (C=O) groups is 1. The molecule has 62 valence electrons. The largest absolute Gasteiger partial charge is 0.428 e. The molecule has 0 aliphatic carbocycles. The van der Waals surface area contributed by atoms with E-state index in [1.165, 1.54) is 24.5 Å². The molecule has 0 aliphatic heterocycles. The molecule has 0 spiro atoms. The SMILES string of the molecule is CC(=O)c1cn(O)c2sccc12. The van der Waals surface area contributed by atoms with Gasteiger partial charge in [0.2, 0.25) is 0 Å². The summed E-state index contributed by atoms with van der Waals surface area (Å²) in [6.45, 7) is 1.49. The number of hydrogen-bond donors (Lipinski definition) is 1. The summed E-state index contributed by atoms with van der Waals surface area (Å²) in [6, 6.07) is 1.84. The quantitative estimate of drug-likeness (QED) is 0.541. The van der Waals surface area contributed by atoms with E-state index < -0.39 is 0 Å². The third-order valence-corrected chi connectivity index (χ3v) is 2.68. The van der Waals surface area contributed by atoms with E-state index in [9.17, 15) is 10.0 Å². The first-order valence-electron chi connectivity index (χ1n) is 3.49. The first-order chi connectivity index (χ1) is 5.70. The summed E-state index contributed by atoms with van der Waals surface area (Å²) in [4.78, 5) is 11.8. The average Bonchev–Trinajstić information content (AvgIpc) is 2.53. The number of Topliss-reactive ketones (excluding diaryl/α,β-unsaturated/α-hetero) is 1. The molecule has 0 saturated carbocycles. The molecule has 0 aromatic carbocycles. The summed E-state index contributed by atoms with van der Waals surface area (Å²) in [5.41, 5.74) is 0.578. The minimum Gasteiger partial charge on any atom is -0.428 e. The van der Waals surface area contributed by atoms with E-state index in [4.69, 9.17) is 0 Å². The van der Waals surface area contributed by atoms with Crippen molar-refractivity contribution in [3.63, 3.8) is 0 Å². The number of thiophene rings is 1. The van der Waals surface area contributed by atoms with Crippen LogP contribution in [-0.2, 0) is 0 Å². The second-order valence-corrected chi connectivity index (χ2v) is 3.48. The first-order valence-corrected chi connectivity index (χ1v) is 4.37. The van der Waals surface area contributed by atoms with Crippen LogP contribution in [0.1, 0.15) is 17.3 Å². The van der Waals surface area contributed by atoms with Crippen molar-refractivity contribution in [1.29, 1.82) is 0 Å². The Morgan fingerprint density at radius 3 is 3.08 bits per heavy atom.